The van der Waals surface area contributed by atoms with E-state index in [1.807, 2.05) is 73.3 Å². The first-order chi connectivity index (χ1) is 15.6. The molecule has 1 saturated heterocycles. The van der Waals surface area contributed by atoms with Crippen LogP contribution in [0.15, 0.2) is 59.8 Å². The summed E-state index contributed by atoms with van der Waals surface area (Å²) in [6, 6.07) is 15.7. The Kier molecular flexibility index (Phi) is 5.18. The van der Waals surface area contributed by atoms with Gasteiger partial charge in [0.1, 0.15) is 17.2 Å². The number of hydrogen-bond acceptors (Lipinski definition) is 5. The topological polar surface area (TPSA) is 79.8 Å². The van der Waals surface area contributed by atoms with Gasteiger partial charge in [0.2, 0.25) is 0 Å². The maximum absolute atomic E-state index is 12.9. The van der Waals surface area contributed by atoms with Crippen molar-refractivity contribution in [3.8, 4) is 5.69 Å². The maximum atomic E-state index is 12.9. The molecule has 1 aliphatic heterocycles. The highest BCUT2D eigenvalue weighted by Gasteiger charge is 2.23. The van der Waals surface area contributed by atoms with Gasteiger partial charge in [-0.15, -0.1) is 0 Å². The number of rotatable bonds is 5. The molecule has 1 amide bonds. The molecule has 0 spiro atoms. The molecule has 0 bridgehead atoms. The van der Waals surface area contributed by atoms with E-state index >= 15 is 0 Å². The first-order valence-corrected chi connectivity index (χ1v) is 10.8. The lowest BCUT2D eigenvalue weighted by Gasteiger charge is -2.20. The van der Waals surface area contributed by atoms with Gasteiger partial charge in [0.05, 0.1) is 28.9 Å². The third-order valence-corrected chi connectivity index (χ3v) is 5.77. The smallest absolute Gasteiger partial charge is 0.290 e. The third kappa shape index (κ3) is 3.53. The van der Waals surface area contributed by atoms with Crippen LogP contribution in [0.3, 0.4) is 0 Å². The summed E-state index contributed by atoms with van der Waals surface area (Å²) in [5, 5.41) is 9.08. The lowest BCUT2D eigenvalue weighted by atomic mass is 10.2. The normalized spacial score (nSPS) is 14.0. The molecule has 1 aromatic carbocycles. The van der Waals surface area contributed by atoms with Crippen molar-refractivity contribution in [2.45, 2.75) is 26.7 Å². The number of carbonyl (C=O) groups excluding carboxylic acids is 1. The second kappa shape index (κ2) is 8.30. The van der Waals surface area contributed by atoms with Gasteiger partial charge in [0, 0.05) is 19.3 Å². The highest BCUT2D eigenvalue weighted by atomic mass is 16.2. The molecular weight excluding hydrogens is 402 g/mol. The largest absolute Gasteiger partial charge is 0.356 e. The van der Waals surface area contributed by atoms with Gasteiger partial charge in [-0.3, -0.25) is 9.20 Å². The van der Waals surface area contributed by atoms with Crippen molar-refractivity contribution in [3.63, 3.8) is 0 Å². The first-order valence-electron chi connectivity index (χ1n) is 10.8. The molecule has 0 radical (unpaired) electrons. The molecule has 32 heavy (non-hydrogen) atoms. The summed E-state index contributed by atoms with van der Waals surface area (Å²) in [7, 11) is 0. The minimum Gasteiger partial charge on any atom is -0.356 e. The Bertz CT molecular complexity index is 1300. The number of pyridine rings is 1. The zero-order valence-corrected chi connectivity index (χ0v) is 18.2. The highest BCUT2D eigenvalue weighted by Crippen LogP contribution is 2.29. The minimum atomic E-state index is -0.298. The van der Waals surface area contributed by atoms with Crippen molar-refractivity contribution in [1.82, 2.24) is 24.6 Å². The number of fused-ring (bicyclic) bond motifs is 1. The molecule has 4 aromatic rings. The first kappa shape index (κ1) is 20.0. The SMILES string of the molecule is Cc1nn(-c2ccccc2)c(N2CCCC2)c1/C=N/NC(=O)c1c(C)nc2ccccn12. The number of hydrogen-bond donors (Lipinski definition) is 1. The number of amides is 1. The van der Waals surface area contributed by atoms with E-state index in [4.69, 9.17) is 5.10 Å². The number of carbonyl (C=O) groups is 1. The van der Waals surface area contributed by atoms with Gasteiger partial charge in [-0.05, 0) is 51.0 Å². The van der Waals surface area contributed by atoms with Gasteiger partial charge >= 0.3 is 0 Å². The van der Waals surface area contributed by atoms with E-state index in [1.165, 1.54) is 0 Å². The molecule has 3 aromatic heterocycles. The van der Waals surface area contributed by atoms with Gasteiger partial charge in [-0.1, -0.05) is 24.3 Å². The fourth-order valence-electron chi connectivity index (χ4n) is 4.26. The summed E-state index contributed by atoms with van der Waals surface area (Å²) in [4.78, 5) is 19.7. The number of hydrazone groups is 1. The number of nitrogens with one attached hydrogen (secondary N) is 1. The van der Waals surface area contributed by atoms with Gasteiger partial charge in [0.25, 0.3) is 5.91 Å². The second-order valence-corrected chi connectivity index (χ2v) is 7.94. The highest BCUT2D eigenvalue weighted by molar-refractivity contribution is 5.96. The monoisotopic (exact) mass is 427 g/mol. The Morgan fingerprint density at radius 2 is 1.78 bits per heavy atom. The van der Waals surface area contributed by atoms with E-state index in [2.05, 4.69) is 20.4 Å². The van der Waals surface area contributed by atoms with E-state index in [9.17, 15) is 4.79 Å². The molecule has 1 N–H and O–H groups in total. The van der Waals surface area contributed by atoms with Crippen molar-refractivity contribution >= 4 is 23.6 Å². The number of nitrogens with zero attached hydrogens (tertiary/aromatic N) is 6. The van der Waals surface area contributed by atoms with Crippen LogP contribution < -0.4 is 10.3 Å². The number of aromatic nitrogens is 4. The third-order valence-electron chi connectivity index (χ3n) is 5.77. The predicted molar refractivity (Wildman–Crippen MR) is 125 cm³/mol. The van der Waals surface area contributed by atoms with Crippen LogP contribution >= 0.6 is 0 Å². The van der Waals surface area contributed by atoms with Gasteiger partial charge in [0.15, 0.2) is 0 Å². The number of aryl methyl sites for hydroxylation is 2. The predicted octanol–water partition coefficient (Wildman–Crippen LogP) is 3.50. The summed E-state index contributed by atoms with van der Waals surface area (Å²) in [6.45, 7) is 5.75. The standard InChI is InChI=1S/C24H25N7O/c1-17-20(16-25-27-23(32)22-18(2)26-21-12-6-7-15-30(21)22)24(29-13-8-9-14-29)31(28-17)19-10-4-3-5-11-19/h3-7,10-12,15-16H,8-9,13-14H2,1-2H3,(H,27,32)/b25-16+. The van der Waals surface area contributed by atoms with Crippen LogP contribution in [-0.2, 0) is 0 Å². The molecule has 1 fully saturated rings. The molecular formula is C24H25N7O. The summed E-state index contributed by atoms with van der Waals surface area (Å²) in [5.41, 5.74) is 7.32. The zero-order valence-electron chi connectivity index (χ0n) is 18.2. The van der Waals surface area contributed by atoms with Gasteiger partial charge in [-0.25, -0.2) is 15.1 Å². The van der Waals surface area contributed by atoms with Crippen LogP contribution in [0.4, 0.5) is 5.82 Å². The number of para-hydroxylation sites is 1. The molecule has 162 valence electrons. The van der Waals surface area contributed by atoms with Crippen molar-refractivity contribution in [2.75, 3.05) is 18.0 Å². The molecule has 0 unspecified atom stereocenters. The van der Waals surface area contributed by atoms with Crippen molar-refractivity contribution in [3.05, 3.63) is 77.4 Å². The lowest BCUT2D eigenvalue weighted by Crippen LogP contribution is -2.23. The lowest BCUT2D eigenvalue weighted by molar-refractivity contribution is 0.0948. The average Bonchev–Trinajstić information content (AvgIpc) is 3.51. The maximum Gasteiger partial charge on any atom is 0.290 e. The molecule has 0 saturated carbocycles. The van der Waals surface area contributed by atoms with E-state index in [0.29, 0.717) is 11.4 Å². The fourth-order valence-corrected chi connectivity index (χ4v) is 4.26. The second-order valence-electron chi connectivity index (χ2n) is 7.94. The van der Waals surface area contributed by atoms with Crippen LogP contribution in [0.2, 0.25) is 0 Å². The van der Waals surface area contributed by atoms with Crippen LogP contribution in [0.5, 0.6) is 0 Å². The zero-order chi connectivity index (χ0) is 22.1. The summed E-state index contributed by atoms with van der Waals surface area (Å²) >= 11 is 0. The van der Waals surface area contributed by atoms with Crippen molar-refractivity contribution in [2.24, 2.45) is 5.10 Å². The summed E-state index contributed by atoms with van der Waals surface area (Å²) in [5.74, 6) is 0.712. The van der Waals surface area contributed by atoms with Crippen LogP contribution in [-0.4, -0.2) is 44.4 Å². The number of benzene rings is 1. The van der Waals surface area contributed by atoms with E-state index < -0.39 is 0 Å². The van der Waals surface area contributed by atoms with E-state index in [1.54, 1.807) is 10.6 Å². The molecule has 0 atom stereocenters. The summed E-state index contributed by atoms with van der Waals surface area (Å²) < 4.78 is 3.74. The Labute approximate surface area is 186 Å². The Balaban J connectivity index is 1.46. The van der Waals surface area contributed by atoms with Gasteiger partial charge < -0.3 is 4.90 Å². The number of imidazole rings is 1. The average molecular weight is 428 g/mol. The van der Waals surface area contributed by atoms with Crippen LogP contribution in [0.1, 0.15) is 40.3 Å². The summed E-state index contributed by atoms with van der Waals surface area (Å²) in [6.07, 6.45) is 5.83. The fraction of sp³-hybridized carbons (Fsp3) is 0.250. The van der Waals surface area contributed by atoms with Gasteiger partial charge in [-0.2, -0.15) is 10.2 Å². The Morgan fingerprint density at radius 3 is 2.56 bits per heavy atom. The van der Waals surface area contributed by atoms with Crippen LogP contribution in [0.25, 0.3) is 11.3 Å². The Hall–Kier alpha value is -3.94. The minimum absolute atomic E-state index is 0.298. The molecule has 8 nitrogen and oxygen atoms in total. The molecule has 1 aliphatic rings. The van der Waals surface area contributed by atoms with Crippen molar-refractivity contribution < 1.29 is 4.79 Å². The van der Waals surface area contributed by atoms with Crippen LogP contribution in [0, 0.1) is 13.8 Å². The quantitative estimate of drug-likeness (QED) is 0.391. The van der Waals surface area contributed by atoms with E-state index in [0.717, 1.165) is 54.3 Å². The number of anilines is 1. The Morgan fingerprint density at radius 1 is 1.03 bits per heavy atom. The molecule has 8 heteroatoms. The molecule has 0 aliphatic carbocycles. The molecule has 4 heterocycles. The van der Waals surface area contributed by atoms with Crippen molar-refractivity contribution in [1.29, 1.82) is 0 Å². The van der Waals surface area contributed by atoms with E-state index in [-0.39, 0.29) is 5.91 Å². The molecule has 5 rings (SSSR count).